The number of nitrogens with one attached hydrogen (secondary N) is 1. The van der Waals surface area contributed by atoms with Crippen LogP contribution in [0.1, 0.15) is 18.1 Å². The molecule has 1 amide bonds. The lowest BCUT2D eigenvalue weighted by Gasteiger charge is -2.15. The molecule has 2 heterocycles. The van der Waals surface area contributed by atoms with Crippen LogP contribution in [0.3, 0.4) is 0 Å². The minimum absolute atomic E-state index is 0.177. The lowest BCUT2D eigenvalue weighted by Crippen LogP contribution is -2.30. The van der Waals surface area contributed by atoms with Gasteiger partial charge in [0.15, 0.2) is 11.3 Å². The Kier molecular flexibility index (Phi) is 5.13. The summed E-state index contributed by atoms with van der Waals surface area (Å²) in [6.07, 6.45) is 1.50. The third-order valence-electron chi connectivity index (χ3n) is 4.91. The Morgan fingerprint density at radius 3 is 2.68 bits per heavy atom. The van der Waals surface area contributed by atoms with Crippen molar-refractivity contribution in [1.82, 2.24) is 9.55 Å². The number of anilines is 1. The van der Waals surface area contributed by atoms with Crippen molar-refractivity contribution in [3.63, 3.8) is 0 Å². The number of benzene rings is 2. The van der Waals surface area contributed by atoms with E-state index in [9.17, 15) is 4.79 Å². The molecule has 0 saturated heterocycles. The molecule has 4 rings (SSSR count). The number of amides is 1. The average molecular weight is 394 g/mol. The van der Waals surface area contributed by atoms with Crippen LogP contribution in [0.15, 0.2) is 53.8 Å². The van der Waals surface area contributed by atoms with Crippen molar-refractivity contribution in [3.05, 3.63) is 59.8 Å². The Morgan fingerprint density at radius 1 is 1.18 bits per heavy atom. The molecule has 1 aromatic heterocycles. The molecule has 1 unspecified atom stereocenters. The second-order valence-corrected chi connectivity index (χ2v) is 8.09. The number of hydrogen-bond acceptors (Lipinski definition) is 4. The van der Waals surface area contributed by atoms with E-state index in [1.807, 2.05) is 49.4 Å². The van der Waals surface area contributed by atoms with Gasteiger partial charge in [-0.3, -0.25) is 4.79 Å². The first-order valence-corrected chi connectivity index (χ1v) is 10.3. The van der Waals surface area contributed by atoms with Crippen LogP contribution in [-0.4, -0.2) is 27.3 Å². The highest BCUT2D eigenvalue weighted by Crippen LogP contribution is 2.29. The van der Waals surface area contributed by atoms with Crippen LogP contribution in [0.25, 0.3) is 11.3 Å². The van der Waals surface area contributed by atoms with Gasteiger partial charge in [0, 0.05) is 29.7 Å². The van der Waals surface area contributed by atoms with Crippen molar-refractivity contribution in [1.29, 1.82) is 0 Å². The third kappa shape index (κ3) is 3.92. The fourth-order valence-electron chi connectivity index (χ4n) is 3.06. The van der Waals surface area contributed by atoms with Gasteiger partial charge in [-0.05, 0) is 56.2 Å². The molecule has 0 radical (unpaired) electrons. The summed E-state index contributed by atoms with van der Waals surface area (Å²) in [4.78, 5) is 17.1. The van der Waals surface area contributed by atoms with Gasteiger partial charge in [-0.2, -0.15) is 0 Å². The van der Waals surface area contributed by atoms with Gasteiger partial charge in [-0.15, -0.1) is 0 Å². The van der Waals surface area contributed by atoms with Gasteiger partial charge < -0.3 is 14.6 Å². The standard InChI is InChI=1S/C22H23N3O2S/c1-14-4-9-19(12-15(14)2)27-16(3)21(26)23-18-7-5-17(6-8-18)20-13-25-10-11-28-22(25)24-20/h4-9,12-13,16H,10-11H2,1-3H3,(H,23,26). The quantitative estimate of drug-likeness (QED) is 0.684. The first kappa shape index (κ1) is 18.6. The number of aryl methyl sites for hydroxylation is 3. The number of imidazole rings is 1. The number of rotatable bonds is 5. The zero-order valence-corrected chi connectivity index (χ0v) is 17.0. The summed E-state index contributed by atoms with van der Waals surface area (Å²) in [5.74, 6) is 1.62. The van der Waals surface area contributed by atoms with Gasteiger partial charge in [0.2, 0.25) is 0 Å². The number of carbonyl (C=O) groups is 1. The van der Waals surface area contributed by atoms with E-state index >= 15 is 0 Å². The summed E-state index contributed by atoms with van der Waals surface area (Å²) in [5, 5.41) is 3.99. The van der Waals surface area contributed by atoms with E-state index in [4.69, 9.17) is 4.74 Å². The Labute approximate surface area is 169 Å². The van der Waals surface area contributed by atoms with E-state index in [0.29, 0.717) is 5.75 Å². The van der Waals surface area contributed by atoms with Crippen molar-refractivity contribution in [2.24, 2.45) is 0 Å². The molecule has 2 aromatic carbocycles. The Bertz CT molecular complexity index is 990. The van der Waals surface area contributed by atoms with Gasteiger partial charge in [0.25, 0.3) is 5.91 Å². The molecule has 5 nitrogen and oxygen atoms in total. The molecule has 1 atom stereocenters. The van der Waals surface area contributed by atoms with Crippen molar-refractivity contribution in [2.45, 2.75) is 38.6 Å². The lowest BCUT2D eigenvalue weighted by atomic mass is 10.1. The van der Waals surface area contributed by atoms with Crippen LogP contribution in [-0.2, 0) is 11.3 Å². The van der Waals surface area contributed by atoms with E-state index in [0.717, 1.165) is 40.0 Å². The number of fused-ring (bicyclic) bond motifs is 1. The molecule has 0 bridgehead atoms. The Balaban J connectivity index is 1.39. The Hall–Kier alpha value is -2.73. The number of thioether (sulfide) groups is 1. The molecule has 0 saturated carbocycles. The predicted molar refractivity (Wildman–Crippen MR) is 113 cm³/mol. The molecule has 1 aliphatic rings. The molecular formula is C22H23N3O2S. The fraction of sp³-hybridized carbons (Fsp3) is 0.273. The zero-order chi connectivity index (χ0) is 19.7. The van der Waals surface area contributed by atoms with Gasteiger partial charge >= 0.3 is 0 Å². The van der Waals surface area contributed by atoms with Crippen LogP contribution < -0.4 is 10.1 Å². The Morgan fingerprint density at radius 2 is 1.96 bits per heavy atom. The van der Waals surface area contributed by atoms with E-state index < -0.39 is 6.10 Å². The topological polar surface area (TPSA) is 56.1 Å². The van der Waals surface area contributed by atoms with E-state index in [2.05, 4.69) is 28.0 Å². The van der Waals surface area contributed by atoms with Crippen molar-refractivity contribution >= 4 is 23.4 Å². The highest BCUT2D eigenvalue weighted by Gasteiger charge is 2.17. The number of ether oxygens (including phenoxy) is 1. The predicted octanol–water partition coefficient (Wildman–Crippen LogP) is 4.68. The molecule has 1 N–H and O–H groups in total. The summed E-state index contributed by atoms with van der Waals surface area (Å²) in [6, 6.07) is 13.6. The summed E-state index contributed by atoms with van der Waals surface area (Å²) in [5.41, 5.74) is 5.09. The lowest BCUT2D eigenvalue weighted by molar-refractivity contribution is -0.122. The molecular weight excluding hydrogens is 370 g/mol. The van der Waals surface area contributed by atoms with Crippen molar-refractivity contribution in [3.8, 4) is 17.0 Å². The maximum atomic E-state index is 12.5. The van der Waals surface area contributed by atoms with Gasteiger partial charge in [0.05, 0.1) is 5.69 Å². The van der Waals surface area contributed by atoms with Crippen LogP contribution in [0.4, 0.5) is 5.69 Å². The molecule has 144 valence electrons. The largest absolute Gasteiger partial charge is 0.481 e. The van der Waals surface area contributed by atoms with Gasteiger partial charge in [-0.1, -0.05) is 30.0 Å². The van der Waals surface area contributed by atoms with E-state index in [1.54, 1.807) is 18.7 Å². The minimum Gasteiger partial charge on any atom is -0.481 e. The SMILES string of the molecule is Cc1ccc(OC(C)C(=O)Nc2ccc(-c3cn4c(n3)SCC4)cc2)cc1C. The number of nitrogens with zero attached hydrogens (tertiary/aromatic N) is 2. The fourth-order valence-corrected chi connectivity index (χ4v) is 4.01. The number of carbonyl (C=O) groups excluding carboxylic acids is 1. The van der Waals surface area contributed by atoms with E-state index in [1.165, 1.54) is 5.56 Å². The maximum Gasteiger partial charge on any atom is 0.265 e. The average Bonchev–Trinajstić information content (AvgIpc) is 3.27. The summed E-state index contributed by atoms with van der Waals surface area (Å²) >= 11 is 1.78. The molecule has 6 heteroatoms. The monoisotopic (exact) mass is 393 g/mol. The second-order valence-electron chi connectivity index (χ2n) is 7.02. The van der Waals surface area contributed by atoms with Crippen molar-refractivity contribution < 1.29 is 9.53 Å². The smallest absolute Gasteiger partial charge is 0.265 e. The number of aromatic nitrogens is 2. The van der Waals surface area contributed by atoms with Gasteiger partial charge in [0.1, 0.15) is 5.75 Å². The maximum absolute atomic E-state index is 12.5. The molecule has 1 aliphatic heterocycles. The summed E-state index contributed by atoms with van der Waals surface area (Å²) in [6.45, 7) is 6.85. The zero-order valence-electron chi connectivity index (χ0n) is 16.2. The van der Waals surface area contributed by atoms with Gasteiger partial charge in [-0.25, -0.2) is 4.98 Å². The summed E-state index contributed by atoms with van der Waals surface area (Å²) < 4.78 is 7.97. The summed E-state index contributed by atoms with van der Waals surface area (Å²) in [7, 11) is 0. The molecule has 0 fully saturated rings. The molecule has 28 heavy (non-hydrogen) atoms. The first-order chi connectivity index (χ1) is 13.5. The van der Waals surface area contributed by atoms with Crippen LogP contribution >= 0.6 is 11.8 Å². The first-order valence-electron chi connectivity index (χ1n) is 9.35. The van der Waals surface area contributed by atoms with Crippen molar-refractivity contribution in [2.75, 3.05) is 11.1 Å². The highest BCUT2D eigenvalue weighted by molar-refractivity contribution is 7.99. The normalized spacial score (nSPS) is 13.8. The van der Waals surface area contributed by atoms with E-state index in [-0.39, 0.29) is 5.91 Å². The molecule has 0 aliphatic carbocycles. The minimum atomic E-state index is -0.588. The number of hydrogen-bond donors (Lipinski definition) is 1. The second kappa shape index (κ2) is 7.72. The van der Waals surface area contributed by atoms with Crippen LogP contribution in [0.5, 0.6) is 5.75 Å². The third-order valence-corrected chi connectivity index (χ3v) is 5.88. The van der Waals surface area contributed by atoms with Crippen LogP contribution in [0.2, 0.25) is 0 Å². The van der Waals surface area contributed by atoms with Crippen LogP contribution in [0, 0.1) is 13.8 Å². The highest BCUT2D eigenvalue weighted by atomic mass is 32.2. The molecule has 0 spiro atoms. The molecule has 3 aromatic rings.